The maximum Gasteiger partial charge on any atom is 0.0151 e. The van der Waals surface area contributed by atoms with E-state index in [1.165, 1.54) is 32.0 Å². The van der Waals surface area contributed by atoms with Crippen LogP contribution in [0.15, 0.2) is 46.2 Å². The van der Waals surface area contributed by atoms with Crippen LogP contribution in [0, 0.1) is 27.7 Å². The lowest BCUT2D eigenvalue weighted by Crippen LogP contribution is -1.84. The Balaban J connectivity index is 2.28. The Labute approximate surface area is 108 Å². The third-order valence-electron chi connectivity index (χ3n) is 3.04. The molecule has 0 fully saturated rings. The first-order valence-electron chi connectivity index (χ1n) is 5.88. The minimum absolute atomic E-state index is 1.32. The zero-order valence-electron chi connectivity index (χ0n) is 10.9. The van der Waals surface area contributed by atoms with Crippen LogP contribution in [0.1, 0.15) is 22.3 Å². The van der Waals surface area contributed by atoms with E-state index in [1.54, 1.807) is 0 Å². The van der Waals surface area contributed by atoms with Crippen molar-refractivity contribution in [1.82, 2.24) is 0 Å². The SMILES string of the molecule is Cc1ccc(Sc2ccc(C)c(C)c2)c(C)c1. The Morgan fingerprint density at radius 1 is 0.706 bits per heavy atom. The molecule has 2 aromatic rings. The van der Waals surface area contributed by atoms with Gasteiger partial charge in [0.15, 0.2) is 0 Å². The molecule has 0 amide bonds. The lowest BCUT2D eigenvalue weighted by molar-refractivity contribution is 1.24. The molecule has 0 aliphatic heterocycles. The standard InChI is InChI=1S/C16H18S/c1-11-5-8-16(14(4)9-11)17-15-7-6-12(2)13(3)10-15/h5-10H,1-4H3. The van der Waals surface area contributed by atoms with Crippen molar-refractivity contribution in [3.8, 4) is 0 Å². The highest BCUT2D eigenvalue weighted by Crippen LogP contribution is 2.31. The van der Waals surface area contributed by atoms with E-state index in [0.29, 0.717) is 0 Å². The van der Waals surface area contributed by atoms with Gasteiger partial charge in [-0.15, -0.1) is 0 Å². The van der Waals surface area contributed by atoms with Crippen LogP contribution in [-0.4, -0.2) is 0 Å². The predicted octanol–water partition coefficient (Wildman–Crippen LogP) is 5.07. The molecule has 0 unspecified atom stereocenters. The first-order chi connectivity index (χ1) is 8.06. The van der Waals surface area contributed by atoms with Crippen LogP contribution in [0.5, 0.6) is 0 Å². The van der Waals surface area contributed by atoms with Crippen LogP contribution in [0.2, 0.25) is 0 Å². The van der Waals surface area contributed by atoms with Gasteiger partial charge in [-0.2, -0.15) is 0 Å². The molecule has 0 radical (unpaired) electrons. The first-order valence-corrected chi connectivity index (χ1v) is 6.70. The summed E-state index contributed by atoms with van der Waals surface area (Å²) in [6.45, 7) is 8.64. The lowest BCUT2D eigenvalue weighted by Gasteiger charge is -2.08. The Hall–Kier alpha value is -1.21. The maximum absolute atomic E-state index is 2.26. The molecule has 0 heterocycles. The first kappa shape index (κ1) is 12.3. The number of hydrogen-bond donors (Lipinski definition) is 0. The minimum atomic E-state index is 1.32. The highest BCUT2D eigenvalue weighted by atomic mass is 32.2. The molecule has 2 aromatic carbocycles. The fourth-order valence-electron chi connectivity index (χ4n) is 1.82. The van der Waals surface area contributed by atoms with Gasteiger partial charge in [0.05, 0.1) is 0 Å². The molecule has 1 heteroatoms. The van der Waals surface area contributed by atoms with Gasteiger partial charge in [0, 0.05) is 9.79 Å². The van der Waals surface area contributed by atoms with Crippen LogP contribution in [-0.2, 0) is 0 Å². The number of benzene rings is 2. The van der Waals surface area contributed by atoms with Gasteiger partial charge < -0.3 is 0 Å². The summed E-state index contributed by atoms with van der Waals surface area (Å²) in [5.74, 6) is 0. The highest BCUT2D eigenvalue weighted by molar-refractivity contribution is 7.99. The Morgan fingerprint density at radius 2 is 1.47 bits per heavy atom. The van der Waals surface area contributed by atoms with Crippen molar-refractivity contribution in [3.63, 3.8) is 0 Å². The second kappa shape index (κ2) is 4.97. The Kier molecular flexibility index (Phi) is 3.58. The van der Waals surface area contributed by atoms with Crippen molar-refractivity contribution >= 4 is 11.8 Å². The molecule has 0 nitrogen and oxygen atoms in total. The van der Waals surface area contributed by atoms with Gasteiger partial charge in [-0.1, -0.05) is 35.5 Å². The van der Waals surface area contributed by atoms with E-state index in [1.807, 2.05) is 11.8 Å². The molecule has 0 N–H and O–H groups in total. The minimum Gasteiger partial charge on any atom is -0.0898 e. The third kappa shape index (κ3) is 2.92. The smallest absolute Gasteiger partial charge is 0.0151 e. The molecular formula is C16H18S. The molecule has 88 valence electrons. The summed E-state index contributed by atoms with van der Waals surface area (Å²) >= 11 is 1.85. The van der Waals surface area contributed by atoms with Crippen LogP contribution in [0.3, 0.4) is 0 Å². The van der Waals surface area contributed by atoms with Crippen molar-refractivity contribution in [2.24, 2.45) is 0 Å². The van der Waals surface area contributed by atoms with Crippen molar-refractivity contribution < 1.29 is 0 Å². The van der Waals surface area contributed by atoms with E-state index >= 15 is 0 Å². The summed E-state index contributed by atoms with van der Waals surface area (Å²) in [5, 5.41) is 0. The van der Waals surface area contributed by atoms with Crippen molar-refractivity contribution in [3.05, 3.63) is 58.7 Å². The van der Waals surface area contributed by atoms with Gasteiger partial charge in [0.25, 0.3) is 0 Å². The van der Waals surface area contributed by atoms with Gasteiger partial charge >= 0.3 is 0 Å². The summed E-state index contributed by atoms with van der Waals surface area (Å²) in [4.78, 5) is 2.67. The molecule has 0 spiro atoms. The summed E-state index contributed by atoms with van der Waals surface area (Å²) in [7, 11) is 0. The molecule has 0 bridgehead atoms. The summed E-state index contributed by atoms with van der Waals surface area (Å²) in [6.07, 6.45) is 0. The highest BCUT2D eigenvalue weighted by Gasteiger charge is 2.02. The normalized spacial score (nSPS) is 10.6. The molecule has 0 aliphatic rings. The fraction of sp³-hybridized carbons (Fsp3) is 0.250. The average Bonchev–Trinajstić information content (AvgIpc) is 2.27. The maximum atomic E-state index is 2.26. The van der Waals surface area contributed by atoms with E-state index in [-0.39, 0.29) is 0 Å². The number of rotatable bonds is 2. The van der Waals surface area contributed by atoms with E-state index in [2.05, 4.69) is 64.1 Å². The van der Waals surface area contributed by atoms with Gasteiger partial charge in [-0.3, -0.25) is 0 Å². The molecule has 0 atom stereocenters. The quantitative estimate of drug-likeness (QED) is 0.708. The number of aryl methyl sites for hydroxylation is 4. The van der Waals surface area contributed by atoms with E-state index < -0.39 is 0 Å². The fourth-order valence-corrected chi connectivity index (χ4v) is 2.80. The van der Waals surface area contributed by atoms with Crippen molar-refractivity contribution in [2.75, 3.05) is 0 Å². The Morgan fingerprint density at radius 3 is 2.12 bits per heavy atom. The van der Waals surface area contributed by atoms with Crippen LogP contribution >= 0.6 is 11.8 Å². The molecule has 0 saturated carbocycles. The molecule has 2 rings (SSSR count). The van der Waals surface area contributed by atoms with E-state index in [9.17, 15) is 0 Å². The second-order valence-electron chi connectivity index (χ2n) is 4.62. The van der Waals surface area contributed by atoms with Crippen molar-refractivity contribution in [2.45, 2.75) is 37.5 Å². The average molecular weight is 242 g/mol. The van der Waals surface area contributed by atoms with Crippen LogP contribution in [0.25, 0.3) is 0 Å². The lowest BCUT2D eigenvalue weighted by atomic mass is 10.1. The molecule has 17 heavy (non-hydrogen) atoms. The van der Waals surface area contributed by atoms with Gasteiger partial charge in [-0.05, 0) is 62.6 Å². The topological polar surface area (TPSA) is 0 Å². The number of hydrogen-bond acceptors (Lipinski definition) is 1. The molecule has 0 saturated heterocycles. The second-order valence-corrected chi connectivity index (χ2v) is 5.73. The zero-order valence-corrected chi connectivity index (χ0v) is 11.7. The third-order valence-corrected chi connectivity index (χ3v) is 4.20. The van der Waals surface area contributed by atoms with E-state index in [0.717, 1.165) is 0 Å². The predicted molar refractivity (Wildman–Crippen MR) is 76.0 cm³/mol. The Bertz CT molecular complexity index is 541. The van der Waals surface area contributed by atoms with Crippen LogP contribution in [0.4, 0.5) is 0 Å². The molecule has 0 aromatic heterocycles. The largest absolute Gasteiger partial charge is 0.0898 e. The molecular weight excluding hydrogens is 224 g/mol. The molecule has 0 aliphatic carbocycles. The van der Waals surface area contributed by atoms with E-state index in [4.69, 9.17) is 0 Å². The monoisotopic (exact) mass is 242 g/mol. The summed E-state index contributed by atoms with van der Waals surface area (Å²) < 4.78 is 0. The summed E-state index contributed by atoms with van der Waals surface area (Å²) in [5.41, 5.74) is 5.40. The zero-order chi connectivity index (χ0) is 12.4. The van der Waals surface area contributed by atoms with Gasteiger partial charge in [-0.25, -0.2) is 0 Å². The van der Waals surface area contributed by atoms with Crippen molar-refractivity contribution in [1.29, 1.82) is 0 Å². The summed E-state index contributed by atoms with van der Waals surface area (Å²) in [6, 6.07) is 13.3. The van der Waals surface area contributed by atoms with Gasteiger partial charge in [0.2, 0.25) is 0 Å². The van der Waals surface area contributed by atoms with Crippen LogP contribution < -0.4 is 0 Å². The van der Waals surface area contributed by atoms with Gasteiger partial charge in [0.1, 0.15) is 0 Å².